The molecule has 4 aromatic rings. The Labute approximate surface area is 471 Å². The van der Waals surface area contributed by atoms with Crippen LogP contribution in [-0.2, 0) is 80.6 Å². The van der Waals surface area contributed by atoms with Crippen molar-refractivity contribution in [1.29, 1.82) is 0 Å². The zero-order chi connectivity index (χ0) is 50.2. The Morgan fingerprint density at radius 1 is 0.421 bits per heavy atom. The van der Waals surface area contributed by atoms with Crippen LogP contribution in [0.4, 0.5) is 0 Å². The topological polar surface area (TPSA) is 364 Å². The summed E-state index contributed by atoms with van der Waals surface area (Å²) in [6.45, 7) is 11.6. The molecule has 2 atom stereocenters. The summed E-state index contributed by atoms with van der Waals surface area (Å²) >= 11 is 0. The van der Waals surface area contributed by atoms with E-state index in [2.05, 4.69) is 102 Å². The van der Waals surface area contributed by atoms with Crippen LogP contribution in [0.5, 0.6) is 0 Å². The molecule has 2 amide bonds. The number of nitrogens with zero attached hydrogens (tertiary/aromatic N) is 6. The minimum absolute atomic E-state index is 0. The van der Waals surface area contributed by atoms with Crippen LogP contribution in [-0.4, -0.2) is 165 Å². The Kier molecular flexibility index (Phi) is 33.6. The molecule has 0 aromatic heterocycles. The van der Waals surface area contributed by atoms with Crippen molar-refractivity contribution in [3.05, 3.63) is 143 Å². The van der Waals surface area contributed by atoms with E-state index in [4.69, 9.17) is 39.6 Å². The summed E-state index contributed by atoms with van der Waals surface area (Å²) in [6.07, 6.45) is 10.8. The van der Waals surface area contributed by atoms with Gasteiger partial charge in [-0.1, -0.05) is 120 Å². The van der Waals surface area contributed by atoms with Gasteiger partial charge in [0.15, 0.2) is 0 Å². The molecular weight excluding hydrogens is 1200 g/mol. The van der Waals surface area contributed by atoms with Gasteiger partial charge in [0.05, 0.1) is 76.0 Å². The zero-order valence-corrected chi connectivity index (χ0v) is 47.8. The molecule has 0 aliphatic carbocycles. The molecule has 8 heterocycles. The molecule has 8 aliphatic heterocycles. The average Bonchev–Trinajstić information content (AvgIpc) is 3.33. The van der Waals surface area contributed by atoms with Crippen molar-refractivity contribution in [3.63, 3.8) is 0 Å². The van der Waals surface area contributed by atoms with E-state index in [0.29, 0.717) is 25.7 Å². The van der Waals surface area contributed by atoms with E-state index >= 15 is 0 Å². The Morgan fingerprint density at radius 3 is 0.868 bits per heavy atom. The monoisotopic (exact) mass is 1270 g/mol. The van der Waals surface area contributed by atoms with Crippen molar-refractivity contribution in [1.82, 2.24) is 40.0 Å². The summed E-state index contributed by atoms with van der Waals surface area (Å²) in [5.74, 6) is -8.83. The van der Waals surface area contributed by atoms with Crippen LogP contribution in [0, 0.1) is 13.8 Å². The molecule has 26 heteroatoms. The van der Waals surface area contributed by atoms with Gasteiger partial charge in [0, 0.05) is 28.7 Å². The van der Waals surface area contributed by atoms with Crippen molar-refractivity contribution in [2.24, 2.45) is 0 Å². The molecule has 76 heavy (non-hydrogen) atoms. The van der Waals surface area contributed by atoms with Crippen molar-refractivity contribution in [2.45, 2.75) is 51.6 Å². The Balaban J connectivity index is 0.00000119. The molecule has 10 N–H and O–H groups in total. The van der Waals surface area contributed by atoms with Gasteiger partial charge in [-0.05, 0) is 48.9 Å². The molecule has 8 bridgehead atoms. The number of carbonyl (C=O) groups excluding carboxylic acids is 6. The first-order valence-corrected chi connectivity index (χ1v) is 27.5. The number of amides is 2. The summed E-state index contributed by atoms with van der Waals surface area (Å²) < 4.78 is 0. The third-order valence-corrected chi connectivity index (χ3v) is 17.6. The minimum Gasteiger partial charge on any atom is -0.543 e. The third-order valence-electron chi connectivity index (χ3n) is 12.2. The Morgan fingerprint density at radius 2 is 0.658 bits per heavy atom. The smallest absolute Gasteiger partial charge is 0.543 e. The van der Waals surface area contributed by atoms with Crippen LogP contribution in [0.25, 0.3) is 0 Å². The average molecular weight is 1270 g/mol. The Hall–Kier alpha value is -4.59. The molecule has 0 spiro atoms. The molecular formula is C50H70N8O14P2Ru2+2. The number of aryl methyl sites for hydroxylation is 4. The molecule has 418 valence electrons. The molecule has 0 radical (unpaired) electrons. The molecule has 0 saturated carbocycles. The number of benzene rings is 4. The van der Waals surface area contributed by atoms with Crippen LogP contribution >= 0.6 is 15.8 Å². The van der Waals surface area contributed by atoms with E-state index in [9.17, 15) is 9.59 Å². The summed E-state index contributed by atoms with van der Waals surface area (Å²) in [7, 11) is 0.0594. The third kappa shape index (κ3) is 23.6. The van der Waals surface area contributed by atoms with Crippen LogP contribution in [0.2, 0.25) is 0 Å². The standard InChI is InChI=1S/C34H36N2O2.2C6H12N3P.2C2H2O4.4H2O.2Ru/c1-25-13-17-27(18-14-25)21-23-31(37)35-33(29-9-5-3-6-10-29)34(30-11-7-4-8-12-30)36-32(38)24-22-28-19-15-26(2)16-20-28;2*1-7-2-9-3-8(1)5-10(4-7)6-9;2*3-1(4)2(5)6;;;;;;/h3-20,33-34H,21-24H2,1-2H3,(H,35,37)(H,36,38);2*1-6H2;2*(H,3,4)(H,5,6);4*1H2;;/q;;;;;;;;;2*+2/p-2/t33-,34+;;;;;;;;;;. The van der Waals surface area contributed by atoms with Crippen molar-refractivity contribution in [2.75, 3.05) is 77.7 Å². The fourth-order valence-electron chi connectivity index (χ4n) is 9.32. The molecule has 22 nitrogen and oxygen atoms in total. The molecule has 4 aromatic carbocycles. The van der Waals surface area contributed by atoms with Crippen LogP contribution in [0.1, 0.15) is 58.3 Å². The summed E-state index contributed by atoms with van der Waals surface area (Å²) in [5.41, 5.74) is 6.56. The van der Waals surface area contributed by atoms with Gasteiger partial charge >= 0.3 is 39.0 Å². The number of aliphatic carboxylic acids is 4. The van der Waals surface area contributed by atoms with Gasteiger partial charge in [0.2, 0.25) is 11.8 Å². The summed E-state index contributed by atoms with van der Waals surface area (Å²) in [5, 5.41) is 42.2. The molecule has 8 aliphatic rings. The maximum absolute atomic E-state index is 13.2. The van der Waals surface area contributed by atoms with Gasteiger partial charge in [-0.15, -0.1) is 0 Å². The van der Waals surface area contributed by atoms with Crippen molar-refractivity contribution < 1.29 is 110 Å². The quantitative estimate of drug-likeness (QED) is 0.0822. The largest absolute Gasteiger partial charge is 2.00 e. The number of hydrogen-bond acceptors (Lipinski definition) is 16. The first kappa shape index (κ1) is 71.4. The number of rotatable bonds is 11. The predicted octanol–water partition coefficient (Wildman–Crippen LogP) is -3.96. The molecule has 8 fully saturated rings. The number of carboxylic acids is 4. The second-order valence-electron chi connectivity index (χ2n) is 18.4. The van der Waals surface area contributed by atoms with E-state index < -0.39 is 36.0 Å². The van der Waals surface area contributed by atoms with E-state index in [1.165, 1.54) is 88.9 Å². The number of hydrogen-bond donors (Lipinski definition) is 2. The van der Waals surface area contributed by atoms with E-state index in [-0.39, 0.29) is 88.5 Å². The van der Waals surface area contributed by atoms with Gasteiger partial charge in [-0.3, -0.25) is 9.59 Å². The van der Waals surface area contributed by atoms with E-state index in [0.717, 1.165) is 22.3 Å². The van der Waals surface area contributed by atoms with Gasteiger partial charge in [-0.25, -0.2) is 29.4 Å². The van der Waals surface area contributed by atoms with Crippen LogP contribution < -0.4 is 31.1 Å². The first-order chi connectivity index (χ1) is 33.6. The number of carbonyl (C=O) groups is 6. The molecule has 8 saturated heterocycles. The zero-order valence-electron chi connectivity index (χ0n) is 42.3. The minimum atomic E-state index is -2.19. The maximum Gasteiger partial charge on any atom is 2.00 e. The van der Waals surface area contributed by atoms with E-state index in [1.54, 1.807) is 0 Å². The normalized spacial score (nSPS) is 22.5. The molecule has 0 unspecified atom stereocenters. The number of nitrogens with one attached hydrogen (secondary N) is 2. The van der Waals surface area contributed by atoms with Gasteiger partial charge < -0.3 is 72.1 Å². The fraction of sp³-hybridized carbons (Fsp3) is 0.400. The van der Waals surface area contributed by atoms with Crippen molar-refractivity contribution in [3.8, 4) is 0 Å². The van der Waals surface area contributed by atoms with E-state index in [1.807, 2.05) is 60.7 Å². The SMILES string of the molecule is C1N2CN3CN1C[PH+](C2)C3.C1N2CN3CN1C[PH+](C2)C3.Cc1ccc(CCC(=O)N[C@H](c2ccccc2)[C@@H](NC(=O)CCc2ccc(C)cc2)c2ccccc2)cc1.O.O.O.O.O=C([O-])C(=O)[O-].O=C([O-])C(=O)[O-].[Ru+2].[Ru+2]. The van der Waals surface area contributed by atoms with Gasteiger partial charge in [-0.2, -0.15) is 0 Å². The second kappa shape index (κ2) is 35.7. The van der Waals surface area contributed by atoms with Gasteiger partial charge in [0.25, 0.3) is 0 Å². The van der Waals surface area contributed by atoms with Gasteiger partial charge in [0.1, 0.15) is 37.7 Å². The van der Waals surface area contributed by atoms with Crippen molar-refractivity contribution >= 4 is 51.5 Å². The molecule has 12 rings (SSSR count). The summed E-state index contributed by atoms with van der Waals surface area (Å²) in [4.78, 5) is 77.6. The van der Waals surface area contributed by atoms with Crippen LogP contribution in [0.15, 0.2) is 109 Å². The summed E-state index contributed by atoms with van der Waals surface area (Å²) in [6, 6.07) is 35.5. The fourth-order valence-corrected chi connectivity index (χ4v) is 14.9. The van der Waals surface area contributed by atoms with Crippen LogP contribution in [0.3, 0.4) is 0 Å². The first-order valence-electron chi connectivity index (χ1n) is 23.2. The predicted molar refractivity (Wildman–Crippen MR) is 274 cm³/mol. The number of carboxylic acid groups (broad SMARTS) is 4. The maximum atomic E-state index is 13.2. The second-order valence-corrected chi connectivity index (χ2v) is 23.3. The Bertz CT molecular complexity index is 2090.